The molecule has 1 N–H and O–H groups in total. The van der Waals surface area contributed by atoms with Crippen LogP contribution in [0.25, 0.3) is 0 Å². The van der Waals surface area contributed by atoms with Crippen LogP contribution in [0.1, 0.15) is 43.0 Å². The second-order valence-corrected chi connectivity index (χ2v) is 5.85. The Labute approximate surface area is 136 Å². The Morgan fingerprint density at radius 3 is 2.91 bits per heavy atom. The maximum absolute atomic E-state index is 12.1. The van der Waals surface area contributed by atoms with E-state index in [0.717, 1.165) is 18.7 Å². The molecule has 1 saturated heterocycles. The molecule has 1 amide bonds. The fourth-order valence-electron chi connectivity index (χ4n) is 3.08. The van der Waals surface area contributed by atoms with Crippen molar-refractivity contribution < 1.29 is 4.79 Å². The standard InChI is InChI=1S/C18H22N4O/c1-2-15-7-3-4-11-22(15)16-8-9-17(20-13-16)21-18(23)14-6-5-10-19-12-14/h5-6,8-10,12-13,15H,2-4,7,11H2,1H3,(H,20,21,23). The SMILES string of the molecule is CCC1CCCCN1c1ccc(NC(=O)c2cccnc2)nc1. The molecule has 0 saturated carbocycles. The van der Waals surface area contributed by atoms with Crippen LogP contribution in [0.3, 0.4) is 0 Å². The Morgan fingerprint density at radius 2 is 2.22 bits per heavy atom. The number of carbonyl (C=O) groups excluding carboxylic acids is 1. The number of rotatable bonds is 4. The molecule has 5 nitrogen and oxygen atoms in total. The Kier molecular flexibility index (Phi) is 4.86. The van der Waals surface area contributed by atoms with Gasteiger partial charge in [-0.15, -0.1) is 0 Å². The number of hydrogen-bond acceptors (Lipinski definition) is 4. The Balaban J connectivity index is 1.68. The third-order valence-electron chi connectivity index (χ3n) is 4.34. The summed E-state index contributed by atoms with van der Waals surface area (Å²) in [5, 5.41) is 2.80. The van der Waals surface area contributed by atoms with Gasteiger partial charge in [-0.1, -0.05) is 6.92 Å². The van der Waals surface area contributed by atoms with E-state index in [0.29, 0.717) is 17.4 Å². The van der Waals surface area contributed by atoms with Crippen molar-refractivity contribution in [2.45, 2.75) is 38.6 Å². The van der Waals surface area contributed by atoms with Crippen LogP contribution in [-0.2, 0) is 0 Å². The van der Waals surface area contributed by atoms with E-state index in [2.05, 4.69) is 27.1 Å². The molecule has 1 aliphatic rings. The predicted molar refractivity (Wildman–Crippen MR) is 91.7 cm³/mol. The van der Waals surface area contributed by atoms with Crippen LogP contribution in [0.4, 0.5) is 11.5 Å². The molecule has 1 aliphatic heterocycles. The van der Waals surface area contributed by atoms with Crippen LogP contribution >= 0.6 is 0 Å². The van der Waals surface area contributed by atoms with E-state index in [1.54, 1.807) is 24.5 Å². The largest absolute Gasteiger partial charge is 0.367 e. The molecule has 5 heteroatoms. The van der Waals surface area contributed by atoms with Crippen LogP contribution in [0.15, 0.2) is 42.9 Å². The smallest absolute Gasteiger partial charge is 0.258 e. The molecule has 1 unspecified atom stereocenters. The first-order valence-electron chi connectivity index (χ1n) is 8.22. The van der Waals surface area contributed by atoms with E-state index in [4.69, 9.17) is 0 Å². The highest BCUT2D eigenvalue weighted by molar-refractivity contribution is 6.03. The zero-order chi connectivity index (χ0) is 16.1. The molecule has 120 valence electrons. The Hall–Kier alpha value is -2.43. The number of nitrogens with one attached hydrogen (secondary N) is 1. The van der Waals surface area contributed by atoms with E-state index in [-0.39, 0.29) is 5.91 Å². The number of piperidine rings is 1. The highest BCUT2D eigenvalue weighted by Gasteiger charge is 2.21. The second-order valence-electron chi connectivity index (χ2n) is 5.85. The van der Waals surface area contributed by atoms with E-state index in [1.165, 1.54) is 19.3 Å². The summed E-state index contributed by atoms with van der Waals surface area (Å²) in [6.45, 7) is 3.32. The third kappa shape index (κ3) is 3.67. The van der Waals surface area contributed by atoms with E-state index in [9.17, 15) is 4.79 Å². The minimum absolute atomic E-state index is 0.192. The number of aromatic nitrogens is 2. The van der Waals surface area contributed by atoms with Crippen molar-refractivity contribution in [3.05, 3.63) is 48.4 Å². The topological polar surface area (TPSA) is 58.1 Å². The number of nitrogens with zero attached hydrogens (tertiary/aromatic N) is 3. The molecule has 3 rings (SSSR count). The van der Waals surface area contributed by atoms with E-state index in [1.807, 2.05) is 18.3 Å². The summed E-state index contributed by atoms with van der Waals surface area (Å²) < 4.78 is 0. The van der Waals surface area contributed by atoms with Crippen molar-refractivity contribution in [3.8, 4) is 0 Å². The van der Waals surface area contributed by atoms with Gasteiger partial charge in [-0.2, -0.15) is 0 Å². The molecule has 23 heavy (non-hydrogen) atoms. The number of carbonyl (C=O) groups is 1. The number of amides is 1. The van der Waals surface area contributed by atoms with Crippen molar-refractivity contribution >= 4 is 17.4 Å². The fourth-order valence-corrected chi connectivity index (χ4v) is 3.08. The zero-order valence-electron chi connectivity index (χ0n) is 13.4. The molecular formula is C18H22N4O. The summed E-state index contributed by atoms with van der Waals surface area (Å²) in [7, 11) is 0. The first kappa shape index (κ1) is 15.5. The van der Waals surface area contributed by atoms with Gasteiger partial charge in [0.2, 0.25) is 0 Å². The lowest BCUT2D eigenvalue weighted by molar-refractivity contribution is 0.102. The normalized spacial score (nSPS) is 17.8. The molecule has 1 fully saturated rings. The molecule has 2 aromatic rings. The van der Waals surface area contributed by atoms with Gasteiger partial charge >= 0.3 is 0 Å². The van der Waals surface area contributed by atoms with Gasteiger partial charge in [-0.25, -0.2) is 4.98 Å². The molecule has 0 radical (unpaired) electrons. The van der Waals surface area contributed by atoms with Gasteiger partial charge in [0.1, 0.15) is 5.82 Å². The van der Waals surface area contributed by atoms with E-state index < -0.39 is 0 Å². The summed E-state index contributed by atoms with van der Waals surface area (Å²) >= 11 is 0. The lowest BCUT2D eigenvalue weighted by Crippen LogP contribution is -2.39. The maximum atomic E-state index is 12.1. The summed E-state index contributed by atoms with van der Waals surface area (Å²) in [5.41, 5.74) is 1.66. The average Bonchev–Trinajstić information content (AvgIpc) is 2.63. The van der Waals surface area contributed by atoms with Crippen molar-refractivity contribution in [1.29, 1.82) is 0 Å². The van der Waals surface area contributed by atoms with Crippen LogP contribution < -0.4 is 10.2 Å². The monoisotopic (exact) mass is 310 g/mol. The van der Waals surface area contributed by atoms with Gasteiger partial charge in [0.25, 0.3) is 5.91 Å². The van der Waals surface area contributed by atoms with Gasteiger partial charge in [0.15, 0.2) is 0 Å². The van der Waals surface area contributed by atoms with Gasteiger partial charge in [0.05, 0.1) is 17.4 Å². The molecule has 3 heterocycles. The average molecular weight is 310 g/mol. The summed E-state index contributed by atoms with van der Waals surface area (Å²) in [6, 6.07) is 7.98. The molecule has 2 aromatic heterocycles. The van der Waals surface area contributed by atoms with Gasteiger partial charge < -0.3 is 10.2 Å². The highest BCUT2D eigenvalue weighted by Crippen LogP contribution is 2.26. The quantitative estimate of drug-likeness (QED) is 0.939. The lowest BCUT2D eigenvalue weighted by Gasteiger charge is -2.37. The van der Waals surface area contributed by atoms with Gasteiger partial charge in [0, 0.05) is 25.0 Å². The van der Waals surface area contributed by atoms with Crippen molar-refractivity contribution in [1.82, 2.24) is 9.97 Å². The molecular weight excluding hydrogens is 288 g/mol. The maximum Gasteiger partial charge on any atom is 0.258 e. The number of hydrogen-bond donors (Lipinski definition) is 1. The van der Waals surface area contributed by atoms with Gasteiger partial charge in [-0.05, 0) is 49.9 Å². The predicted octanol–water partition coefficient (Wildman–Crippen LogP) is 3.50. The first-order valence-corrected chi connectivity index (χ1v) is 8.22. The molecule has 0 aliphatic carbocycles. The number of anilines is 2. The summed E-state index contributed by atoms with van der Waals surface area (Å²) in [4.78, 5) is 22.9. The summed E-state index contributed by atoms with van der Waals surface area (Å²) in [5.74, 6) is 0.371. The first-order chi connectivity index (χ1) is 11.3. The van der Waals surface area contributed by atoms with Crippen molar-refractivity contribution in [2.24, 2.45) is 0 Å². The van der Waals surface area contributed by atoms with Crippen molar-refractivity contribution in [2.75, 3.05) is 16.8 Å². The third-order valence-corrected chi connectivity index (χ3v) is 4.34. The minimum Gasteiger partial charge on any atom is -0.367 e. The molecule has 0 aromatic carbocycles. The van der Waals surface area contributed by atoms with Crippen LogP contribution in [-0.4, -0.2) is 28.5 Å². The van der Waals surface area contributed by atoms with Crippen LogP contribution in [0.2, 0.25) is 0 Å². The van der Waals surface area contributed by atoms with Gasteiger partial charge in [-0.3, -0.25) is 9.78 Å². The Bertz CT molecular complexity index is 642. The molecule has 0 bridgehead atoms. The minimum atomic E-state index is -0.192. The molecule has 1 atom stereocenters. The second kappa shape index (κ2) is 7.22. The molecule has 0 spiro atoms. The fraction of sp³-hybridized carbons (Fsp3) is 0.389. The highest BCUT2D eigenvalue weighted by atomic mass is 16.1. The number of pyridine rings is 2. The zero-order valence-corrected chi connectivity index (χ0v) is 13.4. The Morgan fingerprint density at radius 1 is 1.30 bits per heavy atom. The lowest BCUT2D eigenvalue weighted by atomic mass is 9.99. The van der Waals surface area contributed by atoms with Crippen LogP contribution in [0.5, 0.6) is 0 Å². The van der Waals surface area contributed by atoms with Crippen molar-refractivity contribution in [3.63, 3.8) is 0 Å². The summed E-state index contributed by atoms with van der Waals surface area (Å²) in [6.07, 6.45) is 9.98. The van der Waals surface area contributed by atoms with E-state index >= 15 is 0 Å². The van der Waals surface area contributed by atoms with Crippen LogP contribution in [0, 0.1) is 0 Å².